The molecule has 1 nitrogen and oxygen atoms in total. The maximum Gasteiger partial charge on any atom is 0.159 e. The van der Waals surface area contributed by atoms with Crippen molar-refractivity contribution in [1.29, 1.82) is 0 Å². The molecule has 0 radical (unpaired) electrons. The SMILES string of the molecule is OC(CCC1CC1)c1ccc(F)c(F)c1. The second kappa shape index (κ2) is 4.27. The van der Waals surface area contributed by atoms with Crippen LogP contribution in [-0.4, -0.2) is 5.11 Å². The molecule has 15 heavy (non-hydrogen) atoms. The van der Waals surface area contributed by atoms with Crippen molar-refractivity contribution >= 4 is 0 Å². The van der Waals surface area contributed by atoms with E-state index in [9.17, 15) is 13.9 Å². The maximum absolute atomic E-state index is 12.9. The van der Waals surface area contributed by atoms with E-state index in [0.29, 0.717) is 12.0 Å². The zero-order chi connectivity index (χ0) is 10.8. The first kappa shape index (κ1) is 10.6. The highest BCUT2D eigenvalue weighted by atomic mass is 19.2. The van der Waals surface area contributed by atoms with Crippen LogP contribution in [0.2, 0.25) is 0 Å². The Labute approximate surface area is 87.7 Å². The van der Waals surface area contributed by atoms with Crippen LogP contribution in [0.3, 0.4) is 0 Å². The summed E-state index contributed by atoms with van der Waals surface area (Å²) in [5.74, 6) is -1.02. The molecule has 0 amide bonds. The Bertz CT molecular complexity index is 347. The smallest absolute Gasteiger partial charge is 0.159 e. The van der Waals surface area contributed by atoms with Crippen molar-refractivity contribution in [2.45, 2.75) is 31.8 Å². The summed E-state index contributed by atoms with van der Waals surface area (Å²) in [7, 11) is 0. The molecule has 0 heterocycles. The van der Waals surface area contributed by atoms with Gasteiger partial charge >= 0.3 is 0 Å². The lowest BCUT2D eigenvalue weighted by Gasteiger charge is -2.10. The largest absolute Gasteiger partial charge is 0.388 e. The average Bonchev–Trinajstić information content (AvgIpc) is 3.02. The predicted molar refractivity (Wildman–Crippen MR) is 53.3 cm³/mol. The third-order valence-electron chi connectivity index (χ3n) is 2.87. The highest BCUT2D eigenvalue weighted by Crippen LogP contribution is 2.35. The Hall–Kier alpha value is -0.960. The van der Waals surface area contributed by atoms with Gasteiger partial charge < -0.3 is 5.11 Å². The number of hydrogen-bond donors (Lipinski definition) is 1. The Morgan fingerprint density at radius 2 is 2.00 bits per heavy atom. The Balaban J connectivity index is 1.97. The van der Waals surface area contributed by atoms with E-state index in [0.717, 1.165) is 24.5 Å². The second-order valence-corrected chi connectivity index (χ2v) is 4.21. The van der Waals surface area contributed by atoms with Crippen molar-refractivity contribution in [3.05, 3.63) is 35.4 Å². The van der Waals surface area contributed by atoms with Crippen molar-refractivity contribution in [3.63, 3.8) is 0 Å². The molecule has 1 N–H and O–H groups in total. The van der Waals surface area contributed by atoms with Gasteiger partial charge in [-0.3, -0.25) is 0 Å². The summed E-state index contributed by atoms with van der Waals surface area (Å²) >= 11 is 0. The third-order valence-corrected chi connectivity index (χ3v) is 2.87. The zero-order valence-electron chi connectivity index (χ0n) is 8.42. The molecule has 1 unspecified atom stereocenters. The van der Waals surface area contributed by atoms with Crippen LogP contribution in [0.15, 0.2) is 18.2 Å². The minimum absolute atomic E-state index is 0.467. The van der Waals surface area contributed by atoms with Crippen LogP contribution in [0, 0.1) is 17.6 Å². The van der Waals surface area contributed by atoms with Gasteiger partial charge in [0.05, 0.1) is 6.10 Å². The molecule has 3 heteroatoms. The molecule has 1 aliphatic rings. The first-order valence-electron chi connectivity index (χ1n) is 5.30. The van der Waals surface area contributed by atoms with Gasteiger partial charge in [0.25, 0.3) is 0 Å². The maximum atomic E-state index is 12.9. The van der Waals surface area contributed by atoms with Crippen molar-refractivity contribution in [1.82, 2.24) is 0 Å². The van der Waals surface area contributed by atoms with Crippen LogP contribution in [0.4, 0.5) is 8.78 Å². The van der Waals surface area contributed by atoms with Gasteiger partial charge in [0.1, 0.15) is 0 Å². The monoisotopic (exact) mass is 212 g/mol. The molecule has 82 valence electrons. The Kier molecular flexibility index (Phi) is 3.00. The van der Waals surface area contributed by atoms with E-state index in [1.54, 1.807) is 0 Å². The lowest BCUT2D eigenvalue weighted by Crippen LogP contribution is -1.99. The fourth-order valence-corrected chi connectivity index (χ4v) is 1.69. The molecular weight excluding hydrogens is 198 g/mol. The first-order chi connectivity index (χ1) is 7.16. The van der Waals surface area contributed by atoms with Gasteiger partial charge in [-0.2, -0.15) is 0 Å². The lowest BCUT2D eigenvalue weighted by molar-refractivity contribution is 0.161. The summed E-state index contributed by atoms with van der Waals surface area (Å²) in [6, 6.07) is 3.58. The quantitative estimate of drug-likeness (QED) is 0.812. The molecule has 0 bridgehead atoms. The van der Waals surface area contributed by atoms with Crippen molar-refractivity contribution in [2.24, 2.45) is 5.92 Å². The van der Waals surface area contributed by atoms with E-state index in [1.165, 1.54) is 18.9 Å². The van der Waals surface area contributed by atoms with Gasteiger partial charge in [0.15, 0.2) is 11.6 Å². The number of benzene rings is 1. The van der Waals surface area contributed by atoms with Gasteiger partial charge in [-0.15, -0.1) is 0 Å². The van der Waals surface area contributed by atoms with Gasteiger partial charge in [-0.1, -0.05) is 18.9 Å². The zero-order valence-corrected chi connectivity index (χ0v) is 8.42. The summed E-state index contributed by atoms with van der Waals surface area (Å²) in [6.07, 6.45) is 3.42. The van der Waals surface area contributed by atoms with Gasteiger partial charge in [0.2, 0.25) is 0 Å². The minimum Gasteiger partial charge on any atom is -0.388 e. The lowest BCUT2D eigenvalue weighted by atomic mass is 10.0. The molecule has 0 aliphatic heterocycles. The molecule has 0 aromatic heterocycles. The summed E-state index contributed by atoms with van der Waals surface area (Å²) in [5.41, 5.74) is 0.467. The summed E-state index contributed by atoms with van der Waals surface area (Å²) < 4.78 is 25.5. The first-order valence-corrected chi connectivity index (χ1v) is 5.30. The second-order valence-electron chi connectivity index (χ2n) is 4.21. The Morgan fingerprint density at radius 3 is 2.60 bits per heavy atom. The molecular formula is C12H14F2O. The highest BCUT2D eigenvalue weighted by Gasteiger charge is 2.22. The van der Waals surface area contributed by atoms with E-state index in [2.05, 4.69) is 0 Å². The van der Waals surface area contributed by atoms with Crippen molar-refractivity contribution in [3.8, 4) is 0 Å². The van der Waals surface area contributed by atoms with Crippen LogP contribution < -0.4 is 0 Å². The number of aliphatic hydroxyl groups is 1. The number of rotatable bonds is 4. The summed E-state index contributed by atoms with van der Waals surface area (Å²) in [5, 5.41) is 9.72. The van der Waals surface area contributed by atoms with Crippen molar-refractivity contribution < 1.29 is 13.9 Å². The Morgan fingerprint density at radius 1 is 1.27 bits per heavy atom. The van der Waals surface area contributed by atoms with Gasteiger partial charge in [-0.25, -0.2) is 8.78 Å². The molecule has 2 rings (SSSR count). The molecule has 0 spiro atoms. The molecule has 1 fully saturated rings. The highest BCUT2D eigenvalue weighted by molar-refractivity contribution is 5.19. The third kappa shape index (κ3) is 2.75. The van der Waals surface area contributed by atoms with Crippen LogP contribution in [0.5, 0.6) is 0 Å². The average molecular weight is 212 g/mol. The molecule has 0 saturated heterocycles. The number of halogens is 2. The van der Waals surface area contributed by atoms with E-state index < -0.39 is 17.7 Å². The summed E-state index contributed by atoms with van der Waals surface area (Å²) in [6.45, 7) is 0. The topological polar surface area (TPSA) is 20.2 Å². The molecule has 1 saturated carbocycles. The summed E-state index contributed by atoms with van der Waals surface area (Å²) in [4.78, 5) is 0. The molecule has 1 aromatic carbocycles. The van der Waals surface area contributed by atoms with E-state index in [4.69, 9.17) is 0 Å². The van der Waals surface area contributed by atoms with E-state index in [-0.39, 0.29) is 0 Å². The van der Waals surface area contributed by atoms with E-state index in [1.807, 2.05) is 0 Å². The van der Waals surface area contributed by atoms with Crippen LogP contribution >= 0.6 is 0 Å². The van der Waals surface area contributed by atoms with Crippen LogP contribution in [-0.2, 0) is 0 Å². The minimum atomic E-state index is -0.891. The predicted octanol–water partition coefficient (Wildman–Crippen LogP) is 3.19. The number of aliphatic hydroxyl groups excluding tert-OH is 1. The molecule has 1 aromatic rings. The fraction of sp³-hybridized carbons (Fsp3) is 0.500. The molecule has 1 aliphatic carbocycles. The van der Waals surface area contributed by atoms with Gasteiger partial charge in [-0.05, 0) is 36.5 Å². The van der Waals surface area contributed by atoms with Crippen molar-refractivity contribution in [2.75, 3.05) is 0 Å². The standard InChI is InChI=1S/C12H14F2O/c13-10-5-4-9(7-11(10)14)12(15)6-3-8-1-2-8/h4-5,7-8,12,15H,1-3,6H2. The van der Waals surface area contributed by atoms with E-state index >= 15 is 0 Å². The normalized spacial score (nSPS) is 17.8. The van der Waals surface area contributed by atoms with Crippen LogP contribution in [0.1, 0.15) is 37.4 Å². The van der Waals surface area contributed by atoms with Crippen LogP contribution in [0.25, 0.3) is 0 Å². The fourth-order valence-electron chi connectivity index (χ4n) is 1.69. The van der Waals surface area contributed by atoms with Gasteiger partial charge in [0, 0.05) is 0 Å². The molecule has 1 atom stereocenters. The number of hydrogen-bond acceptors (Lipinski definition) is 1.